The Labute approximate surface area is 79.2 Å². The SMILES string of the molecule is CC(C)c1nc(C(C)(C)N)nn1C. The van der Waals surface area contributed by atoms with Gasteiger partial charge in [0.1, 0.15) is 5.82 Å². The zero-order chi connectivity index (χ0) is 10.2. The highest BCUT2D eigenvalue weighted by atomic mass is 15.3. The third-order valence-electron chi connectivity index (χ3n) is 1.89. The molecule has 1 heterocycles. The summed E-state index contributed by atoms with van der Waals surface area (Å²) in [5.41, 5.74) is 5.45. The average molecular weight is 182 g/mol. The summed E-state index contributed by atoms with van der Waals surface area (Å²) >= 11 is 0. The van der Waals surface area contributed by atoms with Crippen LogP contribution in [0.5, 0.6) is 0 Å². The van der Waals surface area contributed by atoms with Crippen molar-refractivity contribution in [1.82, 2.24) is 14.8 Å². The quantitative estimate of drug-likeness (QED) is 0.746. The normalized spacial score (nSPS) is 12.5. The minimum absolute atomic E-state index is 0.383. The van der Waals surface area contributed by atoms with E-state index in [-0.39, 0.29) is 0 Å². The van der Waals surface area contributed by atoms with Crippen molar-refractivity contribution in [3.05, 3.63) is 11.6 Å². The van der Waals surface area contributed by atoms with Gasteiger partial charge in [0.05, 0.1) is 5.54 Å². The third kappa shape index (κ3) is 2.06. The van der Waals surface area contributed by atoms with Crippen LogP contribution in [-0.2, 0) is 12.6 Å². The fourth-order valence-electron chi connectivity index (χ4n) is 1.17. The zero-order valence-electron chi connectivity index (χ0n) is 9.00. The molecule has 0 atom stereocenters. The molecule has 0 fully saturated rings. The van der Waals surface area contributed by atoms with E-state index in [9.17, 15) is 0 Å². The molecule has 0 aromatic carbocycles. The van der Waals surface area contributed by atoms with E-state index in [1.165, 1.54) is 0 Å². The number of nitrogens with zero attached hydrogens (tertiary/aromatic N) is 3. The first-order valence-corrected chi connectivity index (χ1v) is 4.52. The molecule has 0 aliphatic rings. The van der Waals surface area contributed by atoms with Gasteiger partial charge in [0, 0.05) is 13.0 Å². The number of hydrogen-bond donors (Lipinski definition) is 1. The largest absolute Gasteiger partial charge is 0.319 e. The molecule has 74 valence electrons. The summed E-state index contributed by atoms with van der Waals surface area (Å²) in [4.78, 5) is 4.41. The molecule has 1 aromatic rings. The summed E-state index contributed by atoms with van der Waals surface area (Å²) in [6, 6.07) is 0. The van der Waals surface area contributed by atoms with Gasteiger partial charge in [0.25, 0.3) is 0 Å². The zero-order valence-corrected chi connectivity index (χ0v) is 9.00. The minimum Gasteiger partial charge on any atom is -0.319 e. The molecule has 0 bridgehead atoms. The Bertz CT molecular complexity index is 293. The summed E-state index contributed by atoms with van der Waals surface area (Å²) in [5, 5.41) is 4.28. The second-order valence-corrected chi connectivity index (χ2v) is 4.29. The Kier molecular flexibility index (Phi) is 2.43. The van der Waals surface area contributed by atoms with Gasteiger partial charge in [0.15, 0.2) is 5.82 Å². The van der Waals surface area contributed by atoms with Crippen molar-refractivity contribution in [2.75, 3.05) is 0 Å². The van der Waals surface area contributed by atoms with Crippen LogP contribution in [0.3, 0.4) is 0 Å². The van der Waals surface area contributed by atoms with Gasteiger partial charge in [-0.15, -0.1) is 0 Å². The fraction of sp³-hybridized carbons (Fsp3) is 0.778. The van der Waals surface area contributed by atoms with Gasteiger partial charge in [0.2, 0.25) is 0 Å². The molecule has 0 amide bonds. The van der Waals surface area contributed by atoms with Gasteiger partial charge in [-0.25, -0.2) is 4.98 Å². The summed E-state index contributed by atoms with van der Waals surface area (Å²) in [6.07, 6.45) is 0. The predicted octanol–water partition coefficient (Wildman–Crippen LogP) is 1.13. The minimum atomic E-state index is -0.453. The fourth-order valence-corrected chi connectivity index (χ4v) is 1.17. The standard InChI is InChI=1S/C9H18N4/c1-6(2)7-11-8(9(3,4)10)12-13(7)5/h6H,10H2,1-5H3. The van der Waals surface area contributed by atoms with E-state index in [2.05, 4.69) is 23.9 Å². The van der Waals surface area contributed by atoms with Crippen LogP contribution in [0.15, 0.2) is 0 Å². The molecule has 0 radical (unpaired) electrons. The van der Waals surface area contributed by atoms with E-state index in [1.54, 1.807) is 4.68 Å². The van der Waals surface area contributed by atoms with Crippen molar-refractivity contribution >= 4 is 0 Å². The van der Waals surface area contributed by atoms with Gasteiger partial charge in [-0.05, 0) is 13.8 Å². The molecule has 1 rings (SSSR count). The first kappa shape index (κ1) is 10.2. The van der Waals surface area contributed by atoms with E-state index >= 15 is 0 Å². The maximum Gasteiger partial charge on any atom is 0.170 e. The van der Waals surface area contributed by atoms with Crippen LogP contribution in [0.4, 0.5) is 0 Å². The van der Waals surface area contributed by atoms with Crippen LogP contribution in [0.25, 0.3) is 0 Å². The van der Waals surface area contributed by atoms with Gasteiger partial charge < -0.3 is 5.73 Å². The molecule has 0 spiro atoms. The van der Waals surface area contributed by atoms with Gasteiger partial charge >= 0.3 is 0 Å². The molecule has 4 heteroatoms. The second kappa shape index (κ2) is 3.10. The Morgan fingerprint density at radius 3 is 2.15 bits per heavy atom. The second-order valence-electron chi connectivity index (χ2n) is 4.29. The number of nitrogens with two attached hydrogens (primary N) is 1. The van der Waals surface area contributed by atoms with Crippen molar-refractivity contribution in [1.29, 1.82) is 0 Å². The molecule has 4 nitrogen and oxygen atoms in total. The molecule has 0 saturated heterocycles. The summed E-state index contributed by atoms with van der Waals surface area (Å²) < 4.78 is 1.80. The Morgan fingerprint density at radius 1 is 1.38 bits per heavy atom. The summed E-state index contributed by atoms with van der Waals surface area (Å²) in [5.74, 6) is 2.07. The van der Waals surface area contributed by atoms with Gasteiger partial charge in [-0.2, -0.15) is 5.10 Å². The first-order valence-electron chi connectivity index (χ1n) is 4.52. The molecule has 0 saturated carbocycles. The van der Waals surface area contributed by atoms with Crippen LogP contribution in [0.1, 0.15) is 45.3 Å². The molecular formula is C9H18N4. The lowest BCUT2D eigenvalue weighted by Gasteiger charge is -2.12. The van der Waals surface area contributed by atoms with E-state index in [4.69, 9.17) is 5.73 Å². The van der Waals surface area contributed by atoms with Crippen molar-refractivity contribution in [2.24, 2.45) is 12.8 Å². The van der Waals surface area contributed by atoms with Crippen LogP contribution in [0, 0.1) is 0 Å². The van der Waals surface area contributed by atoms with Crippen LogP contribution in [-0.4, -0.2) is 14.8 Å². The van der Waals surface area contributed by atoms with Crippen molar-refractivity contribution < 1.29 is 0 Å². The molecule has 0 unspecified atom stereocenters. The Hall–Kier alpha value is -0.900. The van der Waals surface area contributed by atoms with Crippen molar-refractivity contribution in [3.8, 4) is 0 Å². The third-order valence-corrected chi connectivity index (χ3v) is 1.89. The summed E-state index contributed by atoms with van der Waals surface area (Å²) in [7, 11) is 1.90. The van der Waals surface area contributed by atoms with Gasteiger partial charge in [-0.3, -0.25) is 4.68 Å². The van der Waals surface area contributed by atoms with E-state index in [1.807, 2.05) is 20.9 Å². The number of rotatable bonds is 2. The molecule has 0 aliphatic carbocycles. The van der Waals surface area contributed by atoms with E-state index < -0.39 is 5.54 Å². The Balaban J connectivity index is 3.10. The lowest BCUT2D eigenvalue weighted by atomic mass is 10.1. The highest BCUT2D eigenvalue weighted by Gasteiger charge is 2.21. The molecule has 13 heavy (non-hydrogen) atoms. The summed E-state index contributed by atoms with van der Waals surface area (Å²) in [6.45, 7) is 8.01. The maximum atomic E-state index is 5.90. The van der Waals surface area contributed by atoms with Crippen LogP contribution >= 0.6 is 0 Å². The highest BCUT2D eigenvalue weighted by molar-refractivity contribution is 5.04. The van der Waals surface area contributed by atoms with Gasteiger partial charge in [-0.1, -0.05) is 13.8 Å². The van der Waals surface area contributed by atoms with Crippen molar-refractivity contribution in [2.45, 2.75) is 39.2 Å². The maximum absolute atomic E-state index is 5.90. The topological polar surface area (TPSA) is 56.7 Å². The van der Waals surface area contributed by atoms with E-state index in [0.717, 1.165) is 5.82 Å². The molecule has 2 N–H and O–H groups in total. The smallest absolute Gasteiger partial charge is 0.170 e. The highest BCUT2D eigenvalue weighted by Crippen LogP contribution is 2.16. The predicted molar refractivity (Wildman–Crippen MR) is 52.3 cm³/mol. The molecular weight excluding hydrogens is 164 g/mol. The number of hydrogen-bond acceptors (Lipinski definition) is 3. The monoisotopic (exact) mass is 182 g/mol. The lowest BCUT2D eigenvalue weighted by molar-refractivity contribution is 0.509. The number of aromatic nitrogens is 3. The van der Waals surface area contributed by atoms with E-state index in [0.29, 0.717) is 11.7 Å². The van der Waals surface area contributed by atoms with Crippen molar-refractivity contribution in [3.63, 3.8) is 0 Å². The average Bonchev–Trinajstić information content (AvgIpc) is 2.29. The molecule has 0 aliphatic heterocycles. The van der Waals surface area contributed by atoms with Crippen LogP contribution < -0.4 is 5.73 Å². The first-order chi connectivity index (χ1) is 5.82. The molecule has 1 aromatic heterocycles. The van der Waals surface area contributed by atoms with Crippen LogP contribution in [0.2, 0.25) is 0 Å². The lowest BCUT2D eigenvalue weighted by Crippen LogP contribution is -2.30. The number of aryl methyl sites for hydroxylation is 1. The Morgan fingerprint density at radius 2 is 1.92 bits per heavy atom.